The van der Waals surface area contributed by atoms with Crippen LogP contribution in [-0.2, 0) is 41.6 Å². The molecule has 0 aromatic heterocycles. The molecule has 2 fully saturated rings. The predicted molar refractivity (Wildman–Crippen MR) is 123 cm³/mol. The van der Waals surface area contributed by atoms with Gasteiger partial charge in [0.15, 0.2) is 0 Å². The highest BCUT2D eigenvalue weighted by atomic mass is 16.8. The van der Waals surface area contributed by atoms with Gasteiger partial charge in [-0.15, -0.1) is 0 Å². The van der Waals surface area contributed by atoms with Crippen LogP contribution in [-0.4, -0.2) is 72.6 Å². The van der Waals surface area contributed by atoms with E-state index >= 15 is 0 Å². The Morgan fingerprint density at radius 1 is 0.676 bits per heavy atom. The van der Waals surface area contributed by atoms with E-state index in [-0.39, 0.29) is 13.2 Å². The molecule has 0 amide bonds. The van der Waals surface area contributed by atoms with Crippen LogP contribution in [0.3, 0.4) is 0 Å². The number of rotatable bonds is 8. The maximum absolute atomic E-state index is 11.1. The smallest absolute Gasteiger partial charge is 0.220 e. The standard InChI is InChI=1S/C26H34O8/c1-25(29-3)26(2,30-4)34-24-22(32-16-18-13-9-6-10-14-18)20(28)19(27)21(23(24)33-25)31-15-17-11-7-5-8-12-17/h5-14,19-24,27-28H,15-16H2,1-4H3/t19-,20-,21-,22-,23+,24+,25-,26-/m0/s1. The molecule has 186 valence electrons. The van der Waals surface area contributed by atoms with Gasteiger partial charge in [0, 0.05) is 14.2 Å². The summed E-state index contributed by atoms with van der Waals surface area (Å²) < 4.78 is 36.3. The molecule has 0 unspecified atom stereocenters. The molecule has 0 bridgehead atoms. The third kappa shape index (κ3) is 4.78. The van der Waals surface area contributed by atoms with Crippen molar-refractivity contribution in [3.05, 3.63) is 71.8 Å². The summed E-state index contributed by atoms with van der Waals surface area (Å²) in [5, 5.41) is 22.2. The van der Waals surface area contributed by atoms with Gasteiger partial charge >= 0.3 is 0 Å². The summed E-state index contributed by atoms with van der Waals surface area (Å²) >= 11 is 0. The van der Waals surface area contributed by atoms with Crippen molar-refractivity contribution in [1.82, 2.24) is 0 Å². The number of aliphatic hydroxyl groups excluding tert-OH is 2. The van der Waals surface area contributed by atoms with Gasteiger partial charge in [-0.2, -0.15) is 0 Å². The van der Waals surface area contributed by atoms with Gasteiger partial charge in [-0.25, -0.2) is 0 Å². The summed E-state index contributed by atoms with van der Waals surface area (Å²) in [6.07, 6.45) is -5.93. The highest BCUT2D eigenvalue weighted by molar-refractivity contribution is 5.15. The van der Waals surface area contributed by atoms with Crippen molar-refractivity contribution in [3.8, 4) is 0 Å². The van der Waals surface area contributed by atoms with Crippen molar-refractivity contribution in [3.63, 3.8) is 0 Å². The van der Waals surface area contributed by atoms with Crippen molar-refractivity contribution in [2.75, 3.05) is 14.2 Å². The maximum Gasteiger partial charge on any atom is 0.220 e. The molecule has 2 aromatic carbocycles. The summed E-state index contributed by atoms with van der Waals surface area (Å²) in [5.41, 5.74) is 1.85. The lowest BCUT2D eigenvalue weighted by Gasteiger charge is -2.57. The number of hydrogen-bond acceptors (Lipinski definition) is 8. The lowest BCUT2D eigenvalue weighted by Crippen LogP contribution is -2.75. The van der Waals surface area contributed by atoms with Crippen LogP contribution in [0.25, 0.3) is 0 Å². The summed E-state index contributed by atoms with van der Waals surface area (Å²) in [5.74, 6) is -2.60. The van der Waals surface area contributed by atoms with Crippen molar-refractivity contribution < 1.29 is 38.6 Å². The zero-order chi connectivity index (χ0) is 24.3. The van der Waals surface area contributed by atoms with Crippen LogP contribution in [0.15, 0.2) is 60.7 Å². The molecule has 1 aliphatic heterocycles. The van der Waals surface area contributed by atoms with Gasteiger partial charge in [-0.1, -0.05) is 60.7 Å². The SMILES string of the molecule is CO[C@@]1(C)O[C@H]2[C@H](O[C@]1(C)OC)[C@@H](OCc1ccccc1)[C@@H](O)[C@H](O)[C@@H]2OCc1ccccc1. The summed E-state index contributed by atoms with van der Waals surface area (Å²) in [7, 11) is 3.00. The van der Waals surface area contributed by atoms with Crippen molar-refractivity contribution in [2.24, 2.45) is 0 Å². The molecule has 2 aliphatic rings. The molecule has 2 N–H and O–H groups in total. The molecule has 8 nitrogen and oxygen atoms in total. The van der Waals surface area contributed by atoms with Crippen LogP contribution in [0.5, 0.6) is 0 Å². The first-order chi connectivity index (χ1) is 16.3. The van der Waals surface area contributed by atoms with Crippen LogP contribution >= 0.6 is 0 Å². The molecule has 8 heteroatoms. The Morgan fingerprint density at radius 3 is 1.35 bits per heavy atom. The Kier molecular flexibility index (Phi) is 7.71. The van der Waals surface area contributed by atoms with E-state index in [0.717, 1.165) is 11.1 Å². The Morgan fingerprint density at radius 2 is 1.03 bits per heavy atom. The largest absolute Gasteiger partial charge is 0.387 e. The van der Waals surface area contributed by atoms with Gasteiger partial charge in [0.05, 0.1) is 13.2 Å². The quantitative estimate of drug-likeness (QED) is 0.602. The first kappa shape index (κ1) is 25.2. The van der Waals surface area contributed by atoms with Gasteiger partial charge in [0.1, 0.15) is 36.6 Å². The topological polar surface area (TPSA) is 95.8 Å². The van der Waals surface area contributed by atoms with Crippen molar-refractivity contribution >= 4 is 0 Å². The van der Waals surface area contributed by atoms with E-state index in [1.807, 2.05) is 60.7 Å². The van der Waals surface area contributed by atoms with E-state index in [0.29, 0.717) is 0 Å². The monoisotopic (exact) mass is 474 g/mol. The third-order valence-corrected chi connectivity index (χ3v) is 6.89. The molecule has 8 atom stereocenters. The second-order valence-corrected chi connectivity index (χ2v) is 8.97. The highest BCUT2D eigenvalue weighted by Gasteiger charge is 2.64. The molecule has 1 saturated carbocycles. The van der Waals surface area contributed by atoms with E-state index < -0.39 is 48.2 Å². The summed E-state index contributed by atoms with van der Waals surface area (Å²) in [4.78, 5) is 0. The second-order valence-electron chi connectivity index (χ2n) is 8.97. The number of methoxy groups -OCH3 is 2. The minimum atomic E-state index is -1.30. The zero-order valence-corrected chi connectivity index (χ0v) is 20.0. The Hall–Kier alpha value is -1.88. The third-order valence-electron chi connectivity index (χ3n) is 6.89. The maximum atomic E-state index is 11.1. The molecule has 34 heavy (non-hydrogen) atoms. The first-order valence-electron chi connectivity index (χ1n) is 11.4. The van der Waals surface area contributed by atoms with E-state index in [9.17, 15) is 10.2 Å². The number of aliphatic hydroxyl groups is 2. The fraction of sp³-hybridized carbons (Fsp3) is 0.538. The number of fused-ring (bicyclic) bond motifs is 1. The van der Waals surface area contributed by atoms with E-state index in [1.165, 1.54) is 14.2 Å². The molecular weight excluding hydrogens is 440 g/mol. The molecule has 1 heterocycles. The number of ether oxygens (including phenoxy) is 6. The number of benzene rings is 2. The molecular formula is C26H34O8. The fourth-order valence-electron chi connectivity index (χ4n) is 4.54. The Bertz CT molecular complexity index is 836. The first-order valence-corrected chi connectivity index (χ1v) is 11.4. The highest BCUT2D eigenvalue weighted by Crippen LogP contribution is 2.45. The average Bonchev–Trinajstić information content (AvgIpc) is 2.87. The van der Waals surface area contributed by atoms with Crippen LogP contribution in [0.4, 0.5) is 0 Å². The lowest BCUT2D eigenvalue weighted by atomic mass is 9.82. The van der Waals surface area contributed by atoms with Crippen molar-refractivity contribution in [1.29, 1.82) is 0 Å². The van der Waals surface area contributed by atoms with E-state index in [2.05, 4.69) is 0 Å². The van der Waals surface area contributed by atoms with Gasteiger partial charge in [-0.3, -0.25) is 0 Å². The zero-order valence-electron chi connectivity index (χ0n) is 20.0. The Labute approximate surface area is 200 Å². The van der Waals surface area contributed by atoms with Crippen LogP contribution in [0.2, 0.25) is 0 Å². The van der Waals surface area contributed by atoms with Crippen LogP contribution < -0.4 is 0 Å². The van der Waals surface area contributed by atoms with Crippen LogP contribution in [0, 0.1) is 0 Å². The van der Waals surface area contributed by atoms with Crippen LogP contribution in [0.1, 0.15) is 25.0 Å². The normalized spacial score (nSPS) is 37.8. The Balaban J connectivity index is 1.61. The van der Waals surface area contributed by atoms with Crippen molar-refractivity contribution in [2.45, 2.75) is 75.3 Å². The molecule has 0 spiro atoms. The minimum absolute atomic E-state index is 0.225. The summed E-state index contributed by atoms with van der Waals surface area (Å²) in [6.45, 7) is 3.86. The molecule has 4 rings (SSSR count). The van der Waals surface area contributed by atoms with Gasteiger partial charge < -0.3 is 38.6 Å². The molecule has 2 aromatic rings. The van der Waals surface area contributed by atoms with Gasteiger partial charge in [0.2, 0.25) is 11.6 Å². The summed E-state index contributed by atoms with van der Waals surface area (Å²) in [6, 6.07) is 19.2. The molecule has 1 aliphatic carbocycles. The fourth-order valence-corrected chi connectivity index (χ4v) is 4.54. The average molecular weight is 475 g/mol. The number of hydrogen-bond donors (Lipinski definition) is 2. The molecule has 0 radical (unpaired) electrons. The lowest BCUT2D eigenvalue weighted by molar-refractivity contribution is -0.473. The predicted octanol–water partition coefficient (Wildman–Crippen LogP) is 2.40. The van der Waals surface area contributed by atoms with Gasteiger partial charge in [-0.05, 0) is 25.0 Å². The molecule has 1 saturated heterocycles. The van der Waals surface area contributed by atoms with E-state index in [4.69, 9.17) is 28.4 Å². The minimum Gasteiger partial charge on any atom is -0.387 e. The second kappa shape index (κ2) is 10.4. The van der Waals surface area contributed by atoms with Gasteiger partial charge in [0.25, 0.3) is 0 Å². The van der Waals surface area contributed by atoms with E-state index in [1.54, 1.807) is 13.8 Å².